The number of hydrogen-bond acceptors (Lipinski definition) is 0. The van der Waals surface area contributed by atoms with Crippen LogP contribution >= 0.6 is 0 Å². The Morgan fingerprint density at radius 1 is 0.595 bits per heavy atom. The number of hydrogen-bond donors (Lipinski definition) is 0. The first-order valence-electron chi connectivity index (χ1n) is 13.4. The van der Waals surface area contributed by atoms with E-state index >= 15 is 0 Å². The summed E-state index contributed by atoms with van der Waals surface area (Å²) < 4.78 is 5.45. The summed E-state index contributed by atoms with van der Waals surface area (Å²) >= 11 is 0. The van der Waals surface area contributed by atoms with Crippen molar-refractivity contribution in [3.8, 4) is 22.5 Å². The Morgan fingerprint density at radius 2 is 1.08 bits per heavy atom. The molecule has 3 heteroatoms. The van der Waals surface area contributed by atoms with E-state index in [4.69, 9.17) is 0 Å². The number of rotatable bonds is 1. The van der Waals surface area contributed by atoms with Gasteiger partial charge < -0.3 is 0 Å². The highest BCUT2D eigenvalue weighted by Gasteiger charge is 2.65. The Balaban J connectivity index is 1.56. The fourth-order valence-corrected chi connectivity index (χ4v) is 7.88. The van der Waals surface area contributed by atoms with Gasteiger partial charge in [0.05, 0.1) is 11.1 Å². The van der Waals surface area contributed by atoms with E-state index in [1.807, 2.05) is 0 Å². The predicted octanol–water partition coefficient (Wildman–Crippen LogP) is 3.66. The quantitative estimate of drug-likeness (QED) is 0.258. The van der Waals surface area contributed by atoms with Crippen LogP contribution in [0, 0.1) is 20.8 Å². The van der Waals surface area contributed by atoms with Crippen LogP contribution in [0.15, 0.2) is 97.1 Å². The second-order valence-corrected chi connectivity index (χ2v) is 11.2. The van der Waals surface area contributed by atoms with E-state index in [-0.39, 0.29) is 12.4 Å². The minimum atomic E-state index is -0.205. The van der Waals surface area contributed by atoms with Crippen LogP contribution in [-0.4, -0.2) is 6.71 Å². The summed E-state index contributed by atoms with van der Waals surface area (Å²) in [4.78, 5) is 0. The van der Waals surface area contributed by atoms with Gasteiger partial charge in [-0.05, 0) is 61.6 Å². The summed E-state index contributed by atoms with van der Waals surface area (Å²) in [7, 11) is 0. The number of pyridine rings is 2. The van der Waals surface area contributed by atoms with Crippen molar-refractivity contribution in [1.82, 2.24) is 0 Å². The number of fused-ring (bicyclic) bond motifs is 4. The van der Waals surface area contributed by atoms with Crippen molar-refractivity contribution < 1.29 is 9.13 Å². The first-order valence-corrected chi connectivity index (χ1v) is 13.4. The van der Waals surface area contributed by atoms with E-state index in [1.165, 1.54) is 67.0 Å². The maximum Gasteiger partial charge on any atom is 0.407 e. The average molecular weight is 476 g/mol. The molecule has 2 nitrogen and oxygen atoms in total. The van der Waals surface area contributed by atoms with Gasteiger partial charge in [0, 0.05) is 12.1 Å². The summed E-state index contributed by atoms with van der Waals surface area (Å²) in [6, 6.07) is 36.8. The number of nitrogens with zero attached hydrogens (tertiary/aromatic N) is 2. The van der Waals surface area contributed by atoms with Gasteiger partial charge in [-0.3, -0.25) is 0 Å². The van der Waals surface area contributed by atoms with E-state index < -0.39 is 0 Å². The molecule has 1 spiro atoms. The highest BCUT2D eigenvalue weighted by atomic mass is 15.3. The molecule has 3 aliphatic heterocycles. The largest absolute Gasteiger partial charge is 0.407 e. The fourth-order valence-electron chi connectivity index (χ4n) is 7.88. The monoisotopic (exact) mass is 476 g/mol. The topological polar surface area (TPSA) is 7.76 Å². The van der Waals surface area contributed by atoms with Gasteiger partial charge in [-0.25, -0.2) is 0 Å². The molecule has 8 rings (SSSR count). The predicted molar refractivity (Wildman–Crippen MR) is 150 cm³/mol. The van der Waals surface area contributed by atoms with Gasteiger partial charge >= 0.3 is 12.4 Å². The zero-order valence-corrected chi connectivity index (χ0v) is 21.6. The van der Waals surface area contributed by atoms with E-state index in [0.717, 1.165) is 12.8 Å². The molecule has 176 valence electrons. The molecular formula is C34H29BN2+2. The third-order valence-corrected chi connectivity index (χ3v) is 9.02. The Labute approximate surface area is 219 Å². The number of benzene rings is 3. The van der Waals surface area contributed by atoms with Crippen LogP contribution in [0.4, 0.5) is 0 Å². The Bertz CT molecular complexity index is 1660. The minimum Gasteiger partial charge on any atom is -0.140 e. The molecule has 0 saturated carbocycles. The van der Waals surface area contributed by atoms with Gasteiger partial charge in [-0.2, -0.15) is 0 Å². The first kappa shape index (κ1) is 21.1. The van der Waals surface area contributed by atoms with Crippen LogP contribution in [-0.2, 0) is 18.5 Å². The molecule has 0 fully saturated rings. The van der Waals surface area contributed by atoms with Crippen LogP contribution in [0.5, 0.6) is 0 Å². The third-order valence-electron chi connectivity index (χ3n) is 9.02. The molecule has 0 saturated heterocycles. The van der Waals surface area contributed by atoms with Gasteiger partial charge in [0.25, 0.3) is 0 Å². The van der Waals surface area contributed by atoms with Crippen LogP contribution in [0.1, 0.15) is 27.8 Å². The van der Waals surface area contributed by atoms with Gasteiger partial charge in [0.2, 0.25) is 11.4 Å². The molecule has 0 amide bonds. The van der Waals surface area contributed by atoms with Gasteiger partial charge in [-0.15, -0.1) is 9.13 Å². The van der Waals surface area contributed by atoms with E-state index in [9.17, 15) is 0 Å². The van der Waals surface area contributed by atoms with Crippen molar-refractivity contribution in [2.24, 2.45) is 0 Å². The lowest BCUT2D eigenvalue weighted by molar-refractivity contribution is -0.978. The molecule has 5 heterocycles. The van der Waals surface area contributed by atoms with Crippen molar-refractivity contribution in [1.29, 1.82) is 0 Å². The van der Waals surface area contributed by atoms with Crippen molar-refractivity contribution in [3.63, 3.8) is 0 Å². The molecular weight excluding hydrogens is 447 g/mol. The fraction of sp³-hybridized carbons (Fsp3) is 0.176. The zero-order chi connectivity index (χ0) is 24.9. The molecule has 3 aromatic carbocycles. The Hall–Kier alpha value is -3.98. The molecule has 37 heavy (non-hydrogen) atoms. The standard InChI is InChI=1S/C34H29BN2/c1-22-18-23(2)33(24(3)19-22)35-31-16-8-14-29-27-12-6-4-10-25(27)20-34(36(29)31)21-26-11-5-7-13-28(26)30-15-9-17-32(35)37(30)34/h4-19H,20-21H2,1-3H3/q+2. The summed E-state index contributed by atoms with van der Waals surface area (Å²) in [5, 5.41) is 0. The second kappa shape index (κ2) is 7.29. The normalized spacial score (nSPS) is 15.4. The average Bonchev–Trinajstić information content (AvgIpc) is 2.90. The Morgan fingerprint density at radius 3 is 1.59 bits per heavy atom. The molecule has 2 aromatic heterocycles. The highest BCUT2D eigenvalue weighted by Crippen LogP contribution is 2.38. The van der Waals surface area contributed by atoms with Gasteiger partial charge in [0.1, 0.15) is 12.8 Å². The maximum atomic E-state index is 2.73. The van der Waals surface area contributed by atoms with Crippen LogP contribution in [0.25, 0.3) is 22.5 Å². The summed E-state index contributed by atoms with van der Waals surface area (Å²) in [5.74, 6) is 0. The SMILES string of the molecule is Cc1cc(C)c(B2c3cccc4[n+]3C3(Cc5ccccc5-4)Cc4ccccc4-c4cccc2[n+]43)c(C)c1. The van der Waals surface area contributed by atoms with E-state index in [2.05, 4.69) is 127 Å². The minimum absolute atomic E-state index is 0.171. The first-order chi connectivity index (χ1) is 18.1. The summed E-state index contributed by atoms with van der Waals surface area (Å²) in [5.41, 5.74) is 16.4. The highest BCUT2D eigenvalue weighted by molar-refractivity contribution is 6.94. The van der Waals surface area contributed by atoms with Crippen LogP contribution in [0.3, 0.4) is 0 Å². The van der Waals surface area contributed by atoms with Crippen molar-refractivity contribution in [3.05, 3.63) is 125 Å². The van der Waals surface area contributed by atoms with Crippen LogP contribution in [0.2, 0.25) is 0 Å². The second-order valence-electron chi connectivity index (χ2n) is 11.2. The zero-order valence-electron chi connectivity index (χ0n) is 21.6. The smallest absolute Gasteiger partial charge is 0.140 e. The van der Waals surface area contributed by atoms with Crippen molar-refractivity contribution >= 4 is 23.4 Å². The van der Waals surface area contributed by atoms with Crippen LogP contribution < -0.4 is 25.8 Å². The molecule has 3 aliphatic rings. The summed E-state index contributed by atoms with van der Waals surface area (Å²) in [6.07, 6.45) is 1.97. The molecule has 0 unspecified atom stereocenters. The van der Waals surface area contributed by atoms with Gasteiger partial charge in [-0.1, -0.05) is 77.4 Å². The molecule has 0 bridgehead atoms. The third kappa shape index (κ3) is 2.67. The molecule has 0 atom stereocenters. The maximum absolute atomic E-state index is 2.73. The summed E-state index contributed by atoms with van der Waals surface area (Å²) in [6.45, 7) is 6.97. The molecule has 0 N–H and O–H groups in total. The van der Waals surface area contributed by atoms with Crippen molar-refractivity contribution in [2.75, 3.05) is 0 Å². The van der Waals surface area contributed by atoms with Crippen molar-refractivity contribution in [2.45, 2.75) is 39.3 Å². The molecule has 5 aromatic rings. The Kier molecular flexibility index (Phi) is 4.17. The lowest BCUT2D eigenvalue weighted by atomic mass is 9.37. The number of aromatic nitrogens is 2. The number of aryl methyl sites for hydroxylation is 3. The lowest BCUT2D eigenvalue weighted by Crippen LogP contribution is -2.94. The van der Waals surface area contributed by atoms with E-state index in [1.54, 1.807) is 0 Å². The van der Waals surface area contributed by atoms with Gasteiger partial charge in [0.15, 0.2) is 11.2 Å². The molecule has 0 radical (unpaired) electrons. The van der Waals surface area contributed by atoms with E-state index in [0.29, 0.717) is 0 Å². The molecule has 0 aliphatic carbocycles. The lowest BCUT2D eigenvalue weighted by Gasteiger charge is -2.39.